The molecule has 25 heavy (non-hydrogen) atoms. The first-order chi connectivity index (χ1) is 11.4. The Morgan fingerprint density at radius 2 is 1.88 bits per heavy atom. The summed E-state index contributed by atoms with van der Waals surface area (Å²) in [5, 5.41) is 2.62. The molecule has 0 unspecified atom stereocenters. The number of carbonyl (C=O) groups is 1. The van der Waals surface area contributed by atoms with Crippen molar-refractivity contribution in [1.82, 2.24) is 4.72 Å². The highest BCUT2D eigenvalue weighted by atomic mass is 35.5. The van der Waals surface area contributed by atoms with Crippen molar-refractivity contribution >= 4 is 34.0 Å². The van der Waals surface area contributed by atoms with Gasteiger partial charge in [-0.15, -0.1) is 12.4 Å². The molecule has 0 heterocycles. The van der Waals surface area contributed by atoms with Crippen LogP contribution in [0.2, 0.25) is 0 Å². The van der Waals surface area contributed by atoms with Gasteiger partial charge < -0.3 is 11.1 Å². The molecular weight excluding hydrogens is 369 g/mol. The van der Waals surface area contributed by atoms with Crippen molar-refractivity contribution in [2.24, 2.45) is 5.73 Å². The summed E-state index contributed by atoms with van der Waals surface area (Å²) < 4.78 is 40.6. The number of amides is 1. The molecule has 0 aliphatic heterocycles. The summed E-state index contributed by atoms with van der Waals surface area (Å²) in [4.78, 5) is 11.4. The molecule has 0 saturated heterocycles. The van der Waals surface area contributed by atoms with Crippen molar-refractivity contribution < 1.29 is 17.6 Å². The maximum absolute atomic E-state index is 13.9. The summed E-state index contributed by atoms with van der Waals surface area (Å²) in [5.41, 5.74) is 5.68. The fourth-order valence-electron chi connectivity index (χ4n) is 2.28. The predicted octanol–water partition coefficient (Wildman–Crippen LogP) is 2.54. The number of unbranched alkanes of at least 4 members (excludes halogenated alkanes) is 3. The number of nitrogens with two attached hydrogens (primary N) is 1. The highest BCUT2D eigenvalue weighted by Gasteiger charge is 2.29. The van der Waals surface area contributed by atoms with Crippen LogP contribution in [0.1, 0.15) is 44.9 Å². The number of hydrogen-bond donors (Lipinski definition) is 3. The van der Waals surface area contributed by atoms with Crippen molar-refractivity contribution in [1.29, 1.82) is 0 Å². The molecule has 1 saturated carbocycles. The summed E-state index contributed by atoms with van der Waals surface area (Å²) in [7, 11) is -3.90. The quantitative estimate of drug-likeness (QED) is 0.531. The number of halogens is 2. The Bertz CT molecular complexity index is 681. The minimum absolute atomic E-state index is 0. The summed E-state index contributed by atoms with van der Waals surface area (Å²) >= 11 is 0. The average molecular weight is 394 g/mol. The maximum Gasteiger partial charge on any atom is 0.243 e. The second-order valence-electron chi connectivity index (χ2n) is 6.04. The monoisotopic (exact) mass is 393 g/mol. The molecular formula is C16H25ClFN3O3S. The van der Waals surface area contributed by atoms with Gasteiger partial charge in [-0.1, -0.05) is 12.8 Å². The first-order valence-electron chi connectivity index (χ1n) is 8.24. The number of benzene rings is 1. The lowest BCUT2D eigenvalue weighted by Gasteiger charge is -2.10. The number of carbonyl (C=O) groups excluding carboxylic acids is 1. The Morgan fingerprint density at radius 3 is 2.52 bits per heavy atom. The molecule has 142 valence electrons. The third-order valence-corrected chi connectivity index (χ3v) is 5.30. The zero-order valence-corrected chi connectivity index (χ0v) is 15.6. The molecule has 0 atom stereocenters. The third-order valence-electron chi connectivity index (χ3n) is 3.76. The van der Waals surface area contributed by atoms with E-state index in [0.717, 1.165) is 50.7 Å². The van der Waals surface area contributed by atoms with Gasteiger partial charge in [-0.25, -0.2) is 17.5 Å². The second kappa shape index (κ2) is 10.1. The Labute approximate surface area is 154 Å². The summed E-state index contributed by atoms with van der Waals surface area (Å²) in [6.07, 6.45) is 5.44. The number of sulfonamides is 1. The fourth-order valence-corrected chi connectivity index (χ4v) is 3.69. The maximum atomic E-state index is 13.9. The Balaban J connectivity index is 0.00000312. The number of nitrogens with one attached hydrogen (secondary N) is 2. The minimum atomic E-state index is -3.90. The smallest absolute Gasteiger partial charge is 0.243 e. The molecule has 1 aliphatic carbocycles. The van der Waals surface area contributed by atoms with Gasteiger partial charge in [-0.3, -0.25) is 4.79 Å². The molecule has 1 aromatic carbocycles. The second-order valence-corrected chi connectivity index (χ2v) is 7.72. The van der Waals surface area contributed by atoms with E-state index in [-0.39, 0.29) is 30.0 Å². The van der Waals surface area contributed by atoms with Crippen molar-refractivity contribution in [3.8, 4) is 0 Å². The predicted molar refractivity (Wildman–Crippen MR) is 97.8 cm³/mol. The van der Waals surface area contributed by atoms with Crippen molar-refractivity contribution in [3.05, 3.63) is 24.0 Å². The van der Waals surface area contributed by atoms with Crippen LogP contribution in [-0.2, 0) is 14.8 Å². The van der Waals surface area contributed by atoms with Gasteiger partial charge in [0.25, 0.3) is 0 Å². The van der Waals surface area contributed by atoms with Crippen molar-refractivity contribution in [2.45, 2.75) is 55.9 Å². The minimum Gasteiger partial charge on any atom is -0.330 e. The molecule has 1 aromatic rings. The topological polar surface area (TPSA) is 101 Å². The highest BCUT2D eigenvalue weighted by molar-refractivity contribution is 7.89. The lowest BCUT2D eigenvalue weighted by Crippen LogP contribution is -2.26. The van der Waals surface area contributed by atoms with E-state index in [1.54, 1.807) is 0 Å². The van der Waals surface area contributed by atoms with Crippen LogP contribution in [0.4, 0.5) is 10.1 Å². The lowest BCUT2D eigenvalue weighted by molar-refractivity contribution is -0.116. The zero-order valence-electron chi connectivity index (χ0n) is 14.0. The van der Waals surface area contributed by atoms with E-state index in [1.165, 1.54) is 6.07 Å². The average Bonchev–Trinajstić information content (AvgIpc) is 3.32. The van der Waals surface area contributed by atoms with E-state index in [2.05, 4.69) is 10.0 Å². The number of hydrogen-bond acceptors (Lipinski definition) is 4. The van der Waals surface area contributed by atoms with Crippen LogP contribution in [0, 0.1) is 5.82 Å². The summed E-state index contributed by atoms with van der Waals surface area (Å²) in [6.45, 7) is 0.647. The van der Waals surface area contributed by atoms with Crippen molar-refractivity contribution in [2.75, 3.05) is 11.9 Å². The molecule has 6 nitrogen and oxygen atoms in total. The molecule has 0 radical (unpaired) electrons. The van der Waals surface area contributed by atoms with Gasteiger partial charge >= 0.3 is 0 Å². The lowest BCUT2D eigenvalue weighted by atomic mass is 10.1. The van der Waals surface area contributed by atoms with Gasteiger partial charge in [-0.2, -0.15) is 0 Å². The largest absolute Gasteiger partial charge is 0.330 e. The van der Waals surface area contributed by atoms with Gasteiger partial charge in [-0.05, 0) is 50.4 Å². The van der Waals surface area contributed by atoms with Gasteiger partial charge in [0.15, 0.2) is 0 Å². The number of anilines is 1. The van der Waals surface area contributed by atoms with Gasteiger partial charge in [0, 0.05) is 18.2 Å². The van der Waals surface area contributed by atoms with E-state index < -0.39 is 20.7 Å². The SMILES string of the molecule is Cl.NCCCCCCC(=O)Nc1ccc(F)c(S(=O)(=O)NC2CC2)c1. The van der Waals surface area contributed by atoms with Gasteiger partial charge in [0.2, 0.25) is 15.9 Å². The Hall–Kier alpha value is -1.22. The van der Waals surface area contributed by atoms with Gasteiger partial charge in [0.05, 0.1) is 0 Å². The van der Waals surface area contributed by atoms with Crippen LogP contribution in [0.15, 0.2) is 23.1 Å². The van der Waals surface area contributed by atoms with Crippen LogP contribution in [0.25, 0.3) is 0 Å². The normalized spacial score (nSPS) is 14.0. The van der Waals surface area contributed by atoms with Gasteiger partial charge in [0.1, 0.15) is 10.7 Å². The first-order valence-corrected chi connectivity index (χ1v) is 9.72. The third kappa shape index (κ3) is 7.27. The van der Waals surface area contributed by atoms with Crippen LogP contribution < -0.4 is 15.8 Å². The Morgan fingerprint density at radius 1 is 1.20 bits per heavy atom. The van der Waals surface area contributed by atoms with E-state index in [0.29, 0.717) is 13.0 Å². The van der Waals surface area contributed by atoms with E-state index >= 15 is 0 Å². The first kappa shape index (κ1) is 21.8. The van der Waals surface area contributed by atoms with E-state index in [4.69, 9.17) is 5.73 Å². The van der Waals surface area contributed by atoms with Crippen LogP contribution in [0.3, 0.4) is 0 Å². The molecule has 9 heteroatoms. The molecule has 0 aromatic heterocycles. The zero-order chi connectivity index (χ0) is 17.6. The fraction of sp³-hybridized carbons (Fsp3) is 0.562. The highest BCUT2D eigenvalue weighted by Crippen LogP contribution is 2.25. The molecule has 1 amide bonds. The Kier molecular flexibility index (Phi) is 8.78. The molecule has 0 spiro atoms. The molecule has 1 fully saturated rings. The van der Waals surface area contributed by atoms with E-state index in [1.807, 2.05) is 0 Å². The standard InChI is InChI=1S/C16H24FN3O3S.ClH/c17-14-9-8-13(19-16(21)5-3-1-2-4-10-18)11-15(14)24(22,23)20-12-6-7-12;/h8-9,11-12,20H,1-7,10,18H2,(H,19,21);1H. The molecule has 1 aliphatic rings. The van der Waals surface area contributed by atoms with Crippen LogP contribution in [-0.4, -0.2) is 26.9 Å². The van der Waals surface area contributed by atoms with Crippen LogP contribution in [0.5, 0.6) is 0 Å². The van der Waals surface area contributed by atoms with Crippen molar-refractivity contribution in [3.63, 3.8) is 0 Å². The van der Waals surface area contributed by atoms with E-state index in [9.17, 15) is 17.6 Å². The molecule has 4 N–H and O–H groups in total. The molecule has 0 bridgehead atoms. The number of rotatable bonds is 10. The van der Waals surface area contributed by atoms with Crippen LogP contribution >= 0.6 is 12.4 Å². The summed E-state index contributed by atoms with van der Waals surface area (Å²) in [6, 6.07) is 3.46. The summed E-state index contributed by atoms with van der Waals surface area (Å²) in [5.74, 6) is -1.05. The molecule has 2 rings (SSSR count).